The van der Waals surface area contributed by atoms with Gasteiger partial charge >= 0.3 is 0 Å². The minimum Gasteiger partial charge on any atom is -0.377 e. The zero-order valence-corrected chi connectivity index (χ0v) is 17.4. The number of piperidine rings is 1. The van der Waals surface area contributed by atoms with Crippen LogP contribution < -0.4 is 15.1 Å². The summed E-state index contributed by atoms with van der Waals surface area (Å²) in [4.78, 5) is 22.0. The van der Waals surface area contributed by atoms with Gasteiger partial charge in [0.15, 0.2) is 5.13 Å². The Kier molecular flexibility index (Phi) is 5.22. The van der Waals surface area contributed by atoms with E-state index < -0.39 is 0 Å². The Labute approximate surface area is 170 Å². The molecule has 1 aliphatic rings. The van der Waals surface area contributed by atoms with E-state index in [1.165, 1.54) is 4.70 Å². The molecular formula is C22H26N4OS. The quantitative estimate of drug-likeness (QED) is 0.706. The van der Waals surface area contributed by atoms with Gasteiger partial charge in [-0.3, -0.25) is 4.79 Å². The number of carbonyl (C=O) groups is 1. The highest BCUT2D eigenvalue weighted by molar-refractivity contribution is 7.22. The molecule has 1 amide bonds. The average Bonchev–Trinajstić information content (AvgIpc) is 3.12. The summed E-state index contributed by atoms with van der Waals surface area (Å²) in [5.74, 6) is 0.0809. The maximum atomic E-state index is 12.9. The fourth-order valence-electron chi connectivity index (χ4n) is 3.84. The third kappa shape index (κ3) is 3.83. The third-order valence-electron chi connectivity index (χ3n) is 5.29. The Hall–Kier alpha value is -2.60. The predicted octanol–water partition coefficient (Wildman–Crippen LogP) is 4.53. The first-order chi connectivity index (χ1) is 13.5. The van der Waals surface area contributed by atoms with Gasteiger partial charge in [-0.2, -0.15) is 0 Å². The van der Waals surface area contributed by atoms with Crippen LogP contribution in [0.3, 0.4) is 0 Å². The van der Waals surface area contributed by atoms with Crippen molar-refractivity contribution in [1.82, 2.24) is 4.98 Å². The number of hydrogen-bond donors (Lipinski definition) is 1. The van der Waals surface area contributed by atoms with Gasteiger partial charge in [0.2, 0.25) is 5.91 Å². The van der Waals surface area contributed by atoms with Crippen LogP contribution in [0.1, 0.15) is 18.4 Å². The monoisotopic (exact) mass is 394 g/mol. The minimum atomic E-state index is -0.0189. The number of nitrogens with one attached hydrogen (secondary N) is 1. The highest BCUT2D eigenvalue weighted by atomic mass is 32.1. The lowest BCUT2D eigenvalue weighted by molar-refractivity contribution is -0.120. The van der Waals surface area contributed by atoms with Gasteiger partial charge in [-0.05, 0) is 55.7 Å². The molecule has 0 bridgehead atoms. The summed E-state index contributed by atoms with van der Waals surface area (Å²) < 4.78 is 1.19. The number of para-hydroxylation sites is 1. The number of aromatic nitrogens is 1. The fraction of sp³-hybridized carbons (Fsp3) is 0.364. The fourth-order valence-corrected chi connectivity index (χ4v) is 4.84. The standard InChI is InChI=1S/C22H26N4OS/c1-15-13-17(10-11-19(15)25(2)3)23-21(27)16-7-6-12-26(14-16)22-24-18-8-4-5-9-20(18)28-22/h4-5,8-11,13,16H,6-7,12,14H2,1-3H3,(H,23,27)/t16-/m1/s1. The summed E-state index contributed by atoms with van der Waals surface area (Å²) in [6, 6.07) is 14.3. The van der Waals surface area contributed by atoms with Crippen molar-refractivity contribution < 1.29 is 4.79 Å². The molecule has 1 atom stereocenters. The zero-order chi connectivity index (χ0) is 19.7. The Morgan fingerprint density at radius 1 is 1.25 bits per heavy atom. The molecule has 0 spiro atoms. The molecule has 4 rings (SSSR count). The lowest BCUT2D eigenvalue weighted by Gasteiger charge is -2.31. The first kappa shape index (κ1) is 18.7. The van der Waals surface area contributed by atoms with Crippen LogP contribution in [0.15, 0.2) is 42.5 Å². The first-order valence-electron chi connectivity index (χ1n) is 9.70. The topological polar surface area (TPSA) is 48.5 Å². The van der Waals surface area contributed by atoms with Crippen LogP contribution in [0.2, 0.25) is 0 Å². The number of fused-ring (bicyclic) bond motifs is 1. The molecule has 2 aromatic carbocycles. The van der Waals surface area contributed by atoms with Crippen molar-refractivity contribution in [3.05, 3.63) is 48.0 Å². The normalized spacial score (nSPS) is 17.0. The van der Waals surface area contributed by atoms with Gasteiger partial charge in [-0.15, -0.1) is 0 Å². The smallest absolute Gasteiger partial charge is 0.229 e. The van der Waals surface area contributed by atoms with Crippen LogP contribution in [0.5, 0.6) is 0 Å². The number of hydrogen-bond acceptors (Lipinski definition) is 5. The van der Waals surface area contributed by atoms with Crippen LogP contribution in [0.25, 0.3) is 10.2 Å². The van der Waals surface area contributed by atoms with Crippen molar-refractivity contribution >= 4 is 44.0 Å². The summed E-state index contributed by atoms with van der Waals surface area (Å²) in [5.41, 5.74) is 4.22. The molecule has 0 unspecified atom stereocenters. The lowest BCUT2D eigenvalue weighted by atomic mass is 9.97. The lowest BCUT2D eigenvalue weighted by Crippen LogP contribution is -2.40. The number of thiazole rings is 1. The maximum absolute atomic E-state index is 12.9. The number of carbonyl (C=O) groups excluding carboxylic acids is 1. The second kappa shape index (κ2) is 7.80. The SMILES string of the molecule is Cc1cc(NC(=O)[C@@H]2CCCN(c3nc4ccccc4s3)C2)ccc1N(C)C. The van der Waals surface area contributed by atoms with Gasteiger partial charge in [0.25, 0.3) is 0 Å². The highest BCUT2D eigenvalue weighted by Gasteiger charge is 2.27. The molecule has 28 heavy (non-hydrogen) atoms. The van der Waals surface area contributed by atoms with Crippen LogP contribution in [0, 0.1) is 12.8 Å². The van der Waals surface area contributed by atoms with Gasteiger partial charge in [0, 0.05) is 38.6 Å². The molecular weight excluding hydrogens is 368 g/mol. The Morgan fingerprint density at radius 3 is 2.82 bits per heavy atom. The van der Waals surface area contributed by atoms with Gasteiger partial charge in [0.05, 0.1) is 16.1 Å². The number of nitrogens with zero attached hydrogens (tertiary/aromatic N) is 3. The predicted molar refractivity (Wildman–Crippen MR) is 119 cm³/mol. The number of aryl methyl sites for hydroxylation is 1. The molecule has 146 valence electrons. The van der Waals surface area contributed by atoms with E-state index in [9.17, 15) is 4.79 Å². The molecule has 1 fully saturated rings. The molecule has 1 aliphatic heterocycles. The molecule has 1 aromatic heterocycles. The largest absolute Gasteiger partial charge is 0.377 e. The maximum Gasteiger partial charge on any atom is 0.229 e. The van der Waals surface area contributed by atoms with Crippen molar-refractivity contribution in [2.75, 3.05) is 42.3 Å². The van der Waals surface area contributed by atoms with E-state index in [1.807, 2.05) is 44.4 Å². The van der Waals surface area contributed by atoms with Crippen LogP contribution in [-0.2, 0) is 4.79 Å². The second-order valence-electron chi connectivity index (χ2n) is 7.63. The molecule has 1 saturated heterocycles. The second-order valence-corrected chi connectivity index (χ2v) is 8.64. The number of amides is 1. The van der Waals surface area contributed by atoms with E-state index >= 15 is 0 Å². The van der Waals surface area contributed by atoms with Crippen LogP contribution >= 0.6 is 11.3 Å². The van der Waals surface area contributed by atoms with E-state index in [4.69, 9.17) is 4.98 Å². The van der Waals surface area contributed by atoms with Gasteiger partial charge < -0.3 is 15.1 Å². The summed E-state index contributed by atoms with van der Waals surface area (Å²) in [7, 11) is 4.05. The van der Waals surface area contributed by atoms with Crippen LogP contribution in [-0.4, -0.2) is 38.1 Å². The van der Waals surface area contributed by atoms with E-state index in [0.717, 1.165) is 53.5 Å². The van der Waals surface area contributed by atoms with Crippen LogP contribution in [0.4, 0.5) is 16.5 Å². The van der Waals surface area contributed by atoms with E-state index in [0.29, 0.717) is 0 Å². The molecule has 6 heteroatoms. The van der Waals surface area contributed by atoms with Crippen molar-refractivity contribution in [2.45, 2.75) is 19.8 Å². The molecule has 0 radical (unpaired) electrons. The van der Waals surface area contributed by atoms with Gasteiger partial charge in [-0.25, -0.2) is 4.98 Å². The Balaban J connectivity index is 1.45. The van der Waals surface area contributed by atoms with E-state index in [-0.39, 0.29) is 11.8 Å². The van der Waals surface area contributed by atoms with Gasteiger partial charge in [-0.1, -0.05) is 23.5 Å². The van der Waals surface area contributed by atoms with Gasteiger partial charge in [0.1, 0.15) is 0 Å². The Bertz CT molecular complexity index is 964. The number of anilines is 3. The highest BCUT2D eigenvalue weighted by Crippen LogP contribution is 2.32. The van der Waals surface area contributed by atoms with Crippen molar-refractivity contribution in [2.24, 2.45) is 5.92 Å². The van der Waals surface area contributed by atoms with E-state index in [2.05, 4.69) is 34.2 Å². The van der Waals surface area contributed by atoms with Crippen molar-refractivity contribution in [3.8, 4) is 0 Å². The summed E-state index contributed by atoms with van der Waals surface area (Å²) >= 11 is 1.71. The number of rotatable bonds is 4. The van der Waals surface area contributed by atoms with E-state index in [1.54, 1.807) is 11.3 Å². The average molecular weight is 395 g/mol. The first-order valence-corrected chi connectivity index (χ1v) is 10.5. The molecule has 5 nitrogen and oxygen atoms in total. The molecule has 0 saturated carbocycles. The molecule has 2 heterocycles. The zero-order valence-electron chi connectivity index (χ0n) is 16.6. The van der Waals surface area contributed by atoms with Crippen molar-refractivity contribution in [1.29, 1.82) is 0 Å². The third-order valence-corrected chi connectivity index (χ3v) is 6.39. The molecule has 0 aliphatic carbocycles. The summed E-state index contributed by atoms with van der Waals surface area (Å²) in [6.45, 7) is 3.75. The Morgan fingerprint density at radius 2 is 2.07 bits per heavy atom. The molecule has 1 N–H and O–H groups in total. The van der Waals surface area contributed by atoms with Crippen molar-refractivity contribution in [3.63, 3.8) is 0 Å². The summed E-state index contributed by atoms with van der Waals surface area (Å²) in [5, 5.41) is 4.13. The molecule has 3 aromatic rings. The number of benzene rings is 2. The summed E-state index contributed by atoms with van der Waals surface area (Å²) in [6.07, 6.45) is 1.93. The minimum absolute atomic E-state index is 0.0189.